The summed E-state index contributed by atoms with van der Waals surface area (Å²) < 4.78 is 13.8. The predicted molar refractivity (Wildman–Crippen MR) is 143 cm³/mol. The van der Waals surface area contributed by atoms with E-state index in [0.717, 1.165) is 30.8 Å². The van der Waals surface area contributed by atoms with E-state index in [1.54, 1.807) is 37.4 Å². The van der Waals surface area contributed by atoms with E-state index < -0.39 is 0 Å². The fraction of sp³-hybridized carbons (Fsp3) is 0.300. The Hall–Kier alpha value is -3.64. The van der Waals surface area contributed by atoms with Gasteiger partial charge in [0.1, 0.15) is 11.6 Å². The molecular formula is C30H32FN3O2. The molecule has 2 aliphatic heterocycles. The molecule has 2 heterocycles. The molecule has 5 rings (SSSR count). The molecule has 0 saturated carbocycles. The number of carbonyl (C=O) groups excluding carboxylic acids is 1. The highest BCUT2D eigenvalue weighted by atomic mass is 19.1. The van der Waals surface area contributed by atoms with Gasteiger partial charge in [0, 0.05) is 60.4 Å². The van der Waals surface area contributed by atoms with E-state index in [9.17, 15) is 14.3 Å². The molecular weight excluding hydrogens is 453 g/mol. The van der Waals surface area contributed by atoms with Crippen molar-refractivity contribution in [2.75, 3.05) is 23.4 Å². The summed E-state index contributed by atoms with van der Waals surface area (Å²) in [4.78, 5) is 19.7. The maximum absolute atomic E-state index is 13.8. The number of anilines is 3. The van der Waals surface area contributed by atoms with Crippen LogP contribution in [0.3, 0.4) is 0 Å². The van der Waals surface area contributed by atoms with Crippen LogP contribution in [0.1, 0.15) is 36.0 Å². The van der Waals surface area contributed by atoms with Crippen LogP contribution >= 0.6 is 0 Å². The van der Waals surface area contributed by atoms with Gasteiger partial charge in [0.25, 0.3) is 5.91 Å². The smallest absolute Gasteiger partial charge is 0.258 e. The number of fused-ring (bicyclic) bond motifs is 2. The van der Waals surface area contributed by atoms with E-state index in [4.69, 9.17) is 0 Å². The molecule has 0 aromatic heterocycles. The first-order valence-corrected chi connectivity index (χ1v) is 12.5. The monoisotopic (exact) mass is 485 g/mol. The molecule has 3 aromatic carbocycles. The Labute approximate surface area is 212 Å². The van der Waals surface area contributed by atoms with Crippen LogP contribution in [0.15, 0.2) is 85.5 Å². The van der Waals surface area contributed by atoms with E-state index >= 15 is 0 Å². The molecule has 2 fully saturated rings. The number of phenols is 1. The molecule has 0 unspecified atom stereocenters. The lowest BCUT2D eigenvalue weighted by Crippen LogP contribution is -2.49. The Morgan fingerprint density at radius 3 is 2.31 bits per heavy atom. The van der Waals surface area contributed by atoms with Crippen molar-refractivity contribution in [3.63, 3.8) is 0 Å². The van der Waals surface area contributed by atoms with Gasteiger partial charge in [0.2, 0.25) is 0 Å². The Morgan fingerprint density at radius 1 is 1.00 bits per heavy atom. The normalized spacial score (nSPS) is 21.2. The Kier molecular flexibility index (Phi) is 6.79. The summed E-state index contributed by atoms with van der Waals surface area (Å²) in [6.45, 7) is 4.85. The zero-order valence-corrected chi connectivity index (χ0v) is 20.6. The molecule has 1 amide bonds. The molecule has 2 aliphatic rings. The highest BCUT2D eigenvalue weighted by molar-refractivity contribution is 6.06. The molecule has 2 bridgehead atoms. The van der Waals surface area contributed by atoms with Gasteiger partial charge in [-0.2, -0.15) is 0 Å². The summed E-state index contributed by atoms with van der Waals surface area (Å²) in [5, 5.41) is 10.3. The zero-order chi connectivity index (χ0) is 25.2. The maximum Gasteiger partial charge on any atom is 0.258 e. The molecule has 0 aliphatic carbocycles. The van der Waals surface area contributed by atoms with Gasteiger partial charge in [0.15, 0.2) is 0 Å². The van der Waals surface area contributed by atoms with Crippen molar-refractivity contribution >= 4 is 23.0 Å². The Balaban J connectivity index is 1.48. The average molecular weight is 486 g/mol. The molecule has 3 atom stereocenters. The third-order valence-electron chi connectivity index (χ3n) is 7.54. The van der Waals surface area contributed by atoms with Gasteiger partial charge in [-0.05, 0) is 74.2 Å². The third-order valence-corrected chi connectivity index (χ3v) is 7.54. The molecule has 0 spiro atoms. The van der Waals surface area contributed by atoms with Crippen LogP contribution in [-0.2, 0) is 0 Å². The summed E-state index contributed by atoms with van der Waals surface area (Å²) in [6, 6.07) is 22.2. The number of hydrogen-bond acceptors (Lipinski definition) is 4. The van der Waals surface area contributed by atoms with Crippen LogP contribution in [0.4, 0.5) is 21.5 Å². The van der Waals surface area contributed by atoms with E-state index in [-0.39, 0.29) is 23.5 Å². The average Bonchev–Trinajstić information content (AvgIpc) is 3.10. The van der Waals surface area contributed by atoms with Crippen molar-refractivity contribution < 1.29 is 14.3 Å². The van der Waals surface area contributed by atoms with Crippen molar-refractivity contribution in [1.82, 2.24) is 4.90 Å². The first-order chi connectivity index (χ1) is 17.4. The number of aromatic hydroxyl groups is 1. The van der Waals surface area contributed by atoms with Crippen molar-refractivity contribution in [2.24, 2.45) is 0 Å². The topological polar surface area (TPSA) is 47.0 Å². The fourth-order valence-corrected chi connectivity index (χ4v) is 5.90. The van der Waals surface area contributed by atoms with Crippen LogP contribution in [0, 0.1) is 5.82 Å². The van der Waals surface area contributed by atoms with E-state index in [0.29, 0.717) is 23.3 Å². The van der Waals surface area contributed by atoms with Crippen molar-refractivity contribution in [1.29, 1.82) is 0 Å². The summed E-state index contributed by atoms with van der Waals surface area (Å²) >= 11 is 0. The molecule has 36 heavy (non-hydrogen) atoms. The molecule has 1 N–H and O–H groups in total. The second kappa shape index (κ2) is 10.2. The van der Waals surface area contributed by atoms with Crippen LogP contribution in [0.2, 0.25) is 0 Å². The van der Waals surface area contributed by atoms with Crippen LogP contribution < -0.4 is 9.80 Å². The number of piperidine rings is 1. The first-order valence-electron chi connectivity index (χ1n) is 12.5. The second-order valence-corrected chi connectivity index (χ2v) is 9.78. The van der Waals surface area contributed by atoms with Crippen molar-refractivity contribution in [2.45, 2.75) is 43.8 Å². The van der Waals surface area contributed by atoms with Gasteiger partial charge >= 0.3 is 0 Å². The molecule has 186 valence electrons. The lowest BCUT2D eigenvalue weighted by atomic mass is 9.94. The fourth-order valence-electron chi connectivity index (χ4n) is 5.90. The van der Waals surface area contributed by atoms with E-state index in [2.05, 4.69) is 16.4 Å². The van der Waals surface area contributed by atoms with Crippen molar-refractivity contribution in [3.8, 4) is 5.75 Å². The molecule has 3 aromatic rings. The summed E-state index contributed by atoms with van der Waals surface area (Å²) in [5.74, 6) is -0.379. The van der Waals surface area contributed by atoms with E-state index in [1.165, 1.54) is 29.9 Å². The number of hydrogen-bond donors (Lipinski definition) is 1. The minimum atomic E-state index is -0.381. The highest BCUT2D eigenvalue weighted by Gasteiger charge is 2.42. The predicted octanol–water partition coefficient (Wildman–Crippen LogP) is 6.13. The summed E-state index contributed by atoms with van der Waals surface area (Å²) in [7, 11) is 1.66. The molecule has 5 nitrogen and oxygen atoms in total. The van der Waals surface area contributed by atoms with Crippen LogP contribution in [-0.4, -0.2) is 47.6 Å². The SMILES string of the molecule is C=CCN1[C@@H]2CC[C@H]1C[C@@H](N(c1cccc(O)c1)c1cccc(C(=O)N(C)c3cccc(F)c3)c1)C2. The Bertz CT molecular complexity index is 1250. The summed E-state index contributed by atoms with van der Waals surface area (Å²) in [6.07, 6.45) is 6.35. The number of carbonyl (C=O) groups is 1. The summed E-state index contributed by atoms with van der Waals surface area (Å²) in [5.41, 5.74) is 2.83. The molecule has 6 heteroatoms. The number of rotatable bonds is 7. The number of halogens is 1. The van der Waals surface area contributed by atoms with Gasteiger partial charge in [-0.15, -0.1) is 6.58 Å². The number of phenolic OH excluding ortho intramolecular Hbond substituents is 1. The Morgan fingerprint density at radius 2 is 1.64 bits per heavy atom. The first kappa shape index (κ1) is 24.1. The van der Waals surface area contributed by atoms with Gasteiger partial charge < -0.3 is 14.9 Å². The van der Waals surface area contributed by atoms with Gasteiger partial charge in [-0.25, -0.2) is 4.39 Å². The molecule has 0 radical (unpaired) electrons. The van der Waals surface area contributed by atoms with Gasteiger partial charge in [-0.1, -0.05) is 24.3 Å². The van der Waals surface area contributed by atoms with Crippen LogP contribution in [0.5, 0.6) is 5.75 Å². The number of nitrogens with zero attached hydrogens (tertiary/aromatic N) is 3. The van der Waals surface area contributed by atoms with E-state index in [1.807, 2.05) is 36.4 Å². The zero-order valence-electron chi connectivity index (χ0n) is 20.6. The number of benzene rings is 3. The maximum atomic E-state index is 13.8. The largest absolute Gasteiger partial charge is 0.508 e. The van der Waals surface area contributed by atoms with Crippen molar-refractivity contribution in [3.05, 3.63) is 96.8 Å². The molecule has 2 saturated heterocycles. The lowest BCUT2D eigenvalue weighted by Gasteiger charge is -2.44. The number of amides is 1. The van der Waals surface area contributed by atoms with Crippen LogP contribution in [0.25, 0.3) is 0 Å². The second-order valence-electron chi connectivity index (χ2n) is 9.78. The highest BCUT2D eigenvalue weighted by Crippen LogP contribution is 2.42. The minimum Gasteiger partial charge on any atom is -0.508 e. The standard InChI is InChI=1S/C30H32FN3O2/c1-3-15-33-24-13-14-25(33)19-28(18-24)34(27-11-6-12-29(35)20-27)26-10-4-7-21(16-26)30(36)32(2)23-9-5-8-22(31)17-23/h3-12,16-17,20,24-25,28,35H,1,13-15,18-19H2,2H3/t24-,25+,28+. The lowest BCUT2D eigenvalue weighted by molar-refractivity contribution is 0.0993. The van der Waals surface area contributed by atoms with Gasteiger partial charge in [0.05, 0.1) is 0 Å². The van der Waals surface area contributed by atoms with Gasteiger partial charge in [-0.3, -0.25) is 9.69 Å². The minimum absolute atomic E-state index is 0.209. The quantitative estimate of drug-likeness (QED) is 0.409. The third kappa shape index (κ3) is 4.73.